The van der Waals surface area contributed by atoms with Crippen LogP contribution >= 0.6 is 0 Å². The molecule has 0 aromatic carbocycles. The topological polar surface area (TPSA) is 24.5 Å². The van der Waals surface area contributed by atoms with Crippen molar-refractivity contribution in [1.29, 1.82) is 0 Å². The summed E-state index contributed by atoms with van der Waals surface area (Å²) in [5.74, 6) is 1.76. The second-order valence-corrected chi connectivity index (χ2v) is 7.68. The first-order valence-electron chi connectivity index (χ1n) is 9.24. The molecule has 0 amide bonds. The van der Waals surface area contributed by atoms with Gasteiger partial charge < -0.3 is 10.1 Å². The van der Waals surface area contributed by atoms with E-state index in [1.807, 2.05) is 7.11 Å². The number of methoxy groups -OCH3 is 1. The third kappa shape index (κ3) is 3.62. The molecule has 0 radical (unpaired) electrons. The van der Waals surface area contributed by atoms with Crippen molar-refractivity contribution < 1.29 is 4.74 Å². The van der Waals surface area contributed by atoms with E-state index in [1.54, 1.807) is 0 Å². The summed E-state index contributed by atoms with van der Waals surface area (Å²) in [7, 11) is 1.89. The van der Waals surface area contributed by atoms with Gasteiger partial charge in [0.15, 0.2) is 0 Å². The summed E-state index contributed by atoms with van der Waals surface area (Å²) in [6, 6.07) is 2.25. The predicted octanol–water partition coefficient (Wildman–Crippen LogP) is 3.04. The molecule has 5 unspecified atom stereocenters. The van der Waals surface area contributed by atoms with Crippen LogP contribution in [0.4, 0.5) is 0 Å². The molecule has 3 aliphatic rings. The molecular weight excluding hydrogens is 260 g/mol. The number of nitrogens with zero attached hydrogens (tertiary/aromatic N) is 1. The van der Waals surface area contributed by atoms with Crippen molar-refractivity contribution in [2.75, 3.05) is 20.2 Å². The van der Waals surface area contributed by atoms with Gasteiger partial charge in [-0.2, -0.15) is 0 Å². The van der Waals surface area contributed by atoms with Gasteiger partial charge in [0.1, 0.15) is 0 Å². The van der Waals surface area contributed by atoms with Gasteiger partial charge in [-0.1, -0.05) is 20.3 Å². The number of hydrogen-bond acceptors (Lipinski definition) is 3. The number of nitrogens with one attached hydrogen (secondary N) is 1. The van der Waals surface area contributed by atoms with E-state index >= 15 is 0 Å². The zero-order valence-corrected chi connectivity index (χ0v) is 14.2. The molecule has 0 aromatic heterocycles. The Kier molecular flexibility index (Phi) is 5.23. The van der Waals surface area contributed by atoms with Crippen molar-refractivity contribution in [3.63, 3.8) is 0 Å². The van der Waals surface area contributed by atoms with E-state index in [2.05, 4.69) is 24.1 Å². The highest BCUT2D eigenvalue weighted by molar-refractivity contribution is 4.99. The molecule has 1 heterocycles. The highest BCUT2D eigenvalue weighted by Gasteiger charge is 2.42. The van der Waals surface area contributed by atoms with Crippen molar-refractivity contribution in [2.24, 2.45) is 11.8 Å². The number of ether oxygens (including phenoxy) is 1. The fraction of sp³-hybridized carbons (Fsp3) is 1.00. The predicted molar refractivity (Wildman–Crippen MR) is 87.5 cm³/mol. The number of hydrogen-bond donors (Lipinski definition) is 1. The first-order valence-corrected chi connectivity index (χ1v) is 9.24. The van der Waals surface area contributed by atoms with Crippen LogP contribution < -0.4 is 5.32 Å². The fourth-order valence-corrected chi connectivity index (χ4v) is 4.46. The zero-order valence-electron chi connectivity index (χ0n) is 14.2. The maximum absolute atomic E-state index is 5.68. The minimum absolute atomic E-state index is 0.500. The normalized spacial score (nSPS) is 40.1. The van der Waals surface area contributed by atoms with Gasteiger partial charge in [0.2, 0.25) is 0 Å². The van der Waals surface area contributed by atoms with E-state index in [9.17, 15) is 0 Å². The Morgan fingerprint density at radius 1 is 1.24 bits per heavy atom. The van der Waals surface area contributed by atoms with E-state index in [4.69, 9.17) is 4.74 Å². The molecule has 1 saturated heterocycles. The van der Waals surface area contributed by atoms with Crippen LogP contribution in [0, 0.1) is 11.8 Å². The molecule has 0 bridgehead atoms. The van der Waals surface area contributed by atoms with Gasteiger partial charge >= 0.3 is 0 Å². The summed E-state index contributed by atoms with van der Waals surface area (Å²) in [4.78, 5) is 2.90. The van der Waals surface area contributed by atoms with Gasteiger partial charge in [-0.05, 0) is 50.4 Å². The highest BCUT2D eigenvalue weighted by atomic mass is 16.5. The lowest BCUT2D eigenvalue weighted by Crippen LogP contribution is -2.62. The van der Waals surface area contributed by atoms with Crippen LogP contribution in [0.1, 0.15) is 58.8 Å². The zero-order chi connectivity index (χ0) is 14.8. The number of rotatable bonds is 5. The van der Waals surface area contributed by atoms with Crippen molar-refractivity contribution in [3.05, 3.63) is 0 Å². The van der Waals surface area contributed by atoms with E-state index in [-0.39, 0.29) is 0 Å². The van der Waals surface area contributed by atoms with Crippen LogP contribution in [0.5, 0.6) is 0 Å². The highest BCUT2D eigenvalue weighted by Crippen LogP contribution is 2.39. The largest absolute Gasteiger partial charge is 0.381 e. The van der Waals surface area contributed by atoms with Gasteiger partial charge in [-0.3, -0.25) is 4.90 Å². The minimum atomic E-state index is 0.500. The molecule has 1 aliphatic heterocycles. The lowest BCUT2D eigenvalue weighted by atomic mass is 9.87. The Morgan fingerprint density at radius 3 is 2.71 bits per heavy atom. The molecule has 2 saturated carbocycles. The van der Waals surface area contributed by atoms with Gasteiger partial charge in [0.25, 0.3) is 0 Å². The van der Waals surface area contributed by atoms with Gasteiger partial charge in [-0.25, -0.2) is 0 Å². The van der Waals surface area contributed by atoms with Crippen molar-refractivity contribution in [3.8, 4) is 0 Å². The minimum Gasteiger partial charge on any atom is -0.381 e. The van der Waals surface area contributed by atoms with Crippen LogP contribution in [-0.2, 0) is 4.74 Å². The second kappa shape index (κ2) is 6.97. The summed E-state index contributed by atoms with van der Waals surface area (Å²) in [5.41, 5.74) is 0. The van der Waals surface area contributed by atoms with E-state index < -0.39 is 0 Å². The Labute approximate surface area is 130 Å². The summed E-state index contributed by atoms with van der Waals surface area (Å²) < 4.78 is 5.68. The molecule has 122 valence electrons. The molecular formula is C18H34N2O. The van der Waals surface area contributed by atoms with E-state index in [0.717, 1.165) is 23.9 Å². The average Bonchev–Trinajstić information content (AvgIpc) is 3.38. The maximum Gasteiger partial charge on any atom is 0.0586 e. The van der Waals surface area contributed by atoms with Crippen LogP contribution in [0.2, 0.25) is 0 Å². The number of piperazine rings is 1. The Balaban J connectivity index is 1.67. The summed E-state index contributed by atoms with van der Waals surface area (Å²) in [6.07, 6.45) is 9.95. The molecule has 2 aliphatic carbocycles. The quantitative estimate of drug-likeness (QED) is 0.843. The van der Waals surface area contributed by atoms with Gasteiger partial charge in [0.05, 0.1) is 6.10 Å². The summed E-state index contributed by atoms with van der Waals surface area (Å²) in [6.45, 7) is 7.21. The Hall–Kier alpha value is -0.120. The van der Waals surface area contributed by atoms with Crippen molar-refractivity contribution in [1.82, 2.24) is 10.2 Å². The molecule has 3 rings (SSSR count). The first-order chi connectivity index (χ1) is 10.2. The van der Waals surface area contributed by atoms with Crippen molar-refractivity contribution >= 4 is 0 Å². The van der Waals surface area contributed by atoms with Crippen LogP contribution in [0.25, 0.3) is 0 Å². The fourth-order valence-electron chi connectivity index (χ4n) is 4.46. The molecule has 3 heteroatoms. The lowest BCUT2D eigenvalue weighted by Gasteiger charge is -2.48. The second-order valence-electron chi connectivity index (χ2n) is 7.68. The molecule has 3 nitrogen and oxygen atoms in total. The summed E-state index contributed by atoms with van der Waals surface area (Å²) in [5, 5.41) is 3.86. The molecule has 0 spiro atoms. The monoisotopic (exact) mass is 294 g/mol. The van der Waals surface area contributed by atoms with Crippen molar-refractivity contribution in [2.45, 2.75) is 83.0 Å². The Bertz CT molecular complexity index is 329. The molecule has 3 fully saturated rings. The van der Waals surface area contributed by atoms with Crippen LogP contribution in [-0.4, -0.2) is 49.3 Å². The standard InChI is InChI=1S/C18H34N2O/c1-4-13(2)17-12-20(18(11-19-17)14-8-9-14)15-6-5-7-16(10-15)21-3/h13-19H,4-12H2,1-3H3. The third-order valence-corrected chi connectivity index (χ3v) is 6.32. The molecule has 21 heavy (non-hydrogen) atoms. The molecule has 0 aromatic rings. The first kappa shape index (κ1) is 15.8. The van der Waals surface area contributed by atoms with Crippen LogP contribution in [0.3, 0.4) is 0 Å². The molecule has 1 N–H and O–H groups in total. The lowest BCUT2D eigenvalue weighted by molar-refractivity contribution is -0.00931. The third-order valence-electron chi connectivity index (χ3n) is 6.32. The SMILES string of the molecule is CCC(C)C1CN(C2CCCC(OC)C2)C(C2CC2)CN1. The van der Waals surface area contributed by atoms with Crippen LogP contribution in [0.15, 0.2) is 0 Å². The molecule has 5 atom stereocenters. The summed E-state index contributed by atoms with van der Waals surface area (Å²) >= 11 is 0. The van der Waals surface area contributed by atoms with E-state index in [0.29, 0.717) is 12.1 Å². The van der Waals surface area contributed by atoms with E-state index in [1.165, 1.54) is 58.0 Å². The maximum atomic E-state index is 5.68. The van der Waals surface area contributed by atoms with Gasteiger partial charge in [0, 0.05) is 38.3 Å². The average molecular weight is 294 g/mol. The van der Waals surface area contributed by atoms with Gasteiger partial charge in [-0.15, -0.1) is 0 Å². The Morgan fingerprint density at radius 2 is 2.05 bits per heavy atom. The smallest absolute Gasteiger partial charge is 0.0586 e.